The lowest BCUT2D eigenvalue weighted by atomic mass is 9.90. The number of benzene rings is 1. The van der Waals surface area contributed by atoms with E-state index < -0.39 is 5.82 Å². The van der Waals surface area contributed by atoms with Crippen LogP contribution in [0.5, 0.6) is 5.75 Å². The average molecular weight is 266 g/mol. The number of likely N-dealkylation sites (N-methyl/N-ethyl adjacent to an activating group) is 1. The van der Waals surface area contributed by atoms with Gasteiger partial charge in [-0.2, -0.15) is 0 Å². The molecule has 19 heavy (non-hydrogen) atoms. The maximum absolute atomic E-state index is 13.7. The Hall–Kier alpha value is -1.62. The molecule has 0 heterocycles. The van der Waals surface area contributed by atoms with Gasteiger partial charge in [0, 0.05) is 25.2 Å². The van der Waals surface area contributed by atoms with E-state index in [9.17, 15) is 9.18 Å². The topological polar surface area (TPSA) is 66.6 Å². The predicted molar refractivity (Wildman–Crippen MR) is 70.4 cm³/mol. The summed E-state index contributed by atoms with van der Waals surface area (Å²) in [6, 6.07) is 3.46. The summed E-state index contributed by atoms with van der Waals surface area (Å²) in [6.45, 7) is 0. The molecule has 2 unspecified atom stereocenters. The van der Waals surface area contributed by atoms with Crippen LogP contribution in [0, 0.1) is 5.82 Å². The maximum Gasteiger partial charge on any atom is 0.256 e. The van der Waals surface area contributed by atoms with Gasteiger partial charge in [0.2, 0.25) is 0 Å². The molecule has 2 atom stereocenters. The minimum atomic E-state index is -0.707. The van der Waals surface area contributed by atoms with Crippen molar-refractivity contribution in [2.45, 2.75) is 37.8 Å². The number of amides is 1. The highest BCUT2D eigenvalue weighted by Gasteiger charge is 2.29. The Balaban J connectivity index is 2.18. The number of rotatable bonds is 2. The van der Waals surface area contributed by atoms with Gasteiger partial charge in [0.05, 0.1) is 5.56 Å². The number of halogens is 1. The minimum absolute atomic E-state index is 0.0296. The second kappa shape index (κ2) is 5.57. The Morgan fingerprint density at radius 2 is 2.11 bits per heavy atom. The van der Waals surface area contributed by atoms with E-state index in [4.69, 9.17) is 10.8 Å². The molecule has 0 saturated heterocycles. The smallest absolute Gasteiger partial charge is 0.256 e. The fraction of sp³-hybridized carbons (Fsp3) is 0.500. The summed E-state index contributed by atoms with van der Waals surface area (Å²) in [6.07, 6.45) is 3.85. The summed E-state index contributed by atoms with van der Waals surface area (Å²) in [5.74, 6) is -1.29. The summed E-state index contributed by atoms with van der Waals surface area (Å²) in [4.78, 5) is 13.8. The van der Waals surface area contributed by atoms with Gasteiger partial charge in [-0.3, -0.25) is 4.79 Å². The van der Waals surface area contributed by atoms with Crippen LogP contribution >= 0.6 is 0 Å². The Bertz CT molecular complexity index is 479. The first-order valence-corrected chi connectivity index (χ1v) is 6.52. The highest BCUT2D eigenvalue weighted by atomic mass is 19.1. The van der Waals surface area contributed by atoms with Crippen molar-refractivity contribution in [2.24, 2.45) is 5.73 Å². The lowest BCUT2D eigenvalue weighted by Crippen LogP contribution is -2.50. The molecule has 1 aromatic rings. The normalized spacial score (nSPS) is 23.1. The molecule has 2 rings (SSSR count). The van der Waals surface area contributed by atoms with Gasteiger partial charge in [0.25, 0.3) is 5.91 Å². The number of carbonyl (C=O) groups excluding carboxylic acids is 1. The lowest BCUT2D eigenvalue weighted by molar-refractivity contribution is 0.0667. The van der Waals surface area contributed by atoms with Gasteiger partial charge >= 0.3 is 0 Å². The number of nitrogens with two attached hydrogens (primary N) is 1. The molecule has 1 aliphatic carbocycles. The molecule has 1 fully saturated rings. The standard InChI is InChI=1S/C14H19FN2O2/c1-17(13-5-3-2-4-12(13)16)14(19)10-7-6-9(18)8-11(10)15/h6-8,12-13,18H,2-5,16H2,1H3. The number of hydrogen-bond acceptors (Lipinski definition) is 3. The number of nitrogens with zero attached hydrogens (tertiary/aromatic N) is 1. The number of phenolic OH excluding ortho intramolecular Hbond substituents is 1. The van der Waals surface area contributed by atoms with Crippen molar-refractivity contribution in [2.75, 3.05) is 7.05 Å². The molecular formula is C14H19FN2O2. The number of hydrogen-bond donors (Lipinski definition) is 2. The van der Waals surface area contributed by atoms with E-state index in [2.05, 4.69) is 0 Å². The van der Waals surface area contributed by atoms with Crippen molar-refractivity contribution >= 4 is 5.91 Å². The van der Waals surface area contributed by atoms with Crippen LogP contribution in [-0.2, 0) is 0 Å². The third-order valence-electron chi connectivity index (χ3n) is 3.78. The molecule has 0 spiro atoms. The summed E-state index contributed by atoms with van der Waals surface area (Å²) < 4.78 is 13.7. The van der Waals surface area contributed by atoms with Crippen molar-refractivity contribution in [3.05, 3.63) is 29.6 Å². The molecule has 4 nitrogen and oxygen atoms in total. The summed E-state index contributed by atoms with van der Waals surface area (Å²) in [5, 5.41) is 9.16. The Morgan fingerprint density at radius 1 is 1.42 bits per heavy atom. The highest BCUT2D eigenvalue weighted by Crippen LogP contribution is 2.23. The Kier molecular flexibility index (Phi) is 4.04. The zero-order chi connectivity index (χ0) is 14.0. The van der Waals surface area contributed by atoms with Gasteiger partial charge in [-0.05, 0) is 25.0 Å². The van der Waals surface area contributed by atoms with Crippen molar-refractivity contribution in [3.8, 4) is 5.75 Å². The first kappa shape index (κ1) is 13.8. The van der Waals surface area contributed by atoms with Gasteiger partial charge in [-0.1, -0.05) is 12.8 Å². The van der Waals surface area contributed by atoms with Crippen LogP contribution in [0.25, 0.3) is 0 Å². The molecule has 0 aromatic heterocycles. The summed E-state index contributed by atoms with van der Waals surface area (Å²) >= 11 is 0. The van der Waals surface area contributed by atoms with Crippen LogP contribution in [0.2, 0.25) is 0 Å². The number of phenols is 1. The van der Waals surface area contributed by atoms with E-state index in [-0.39, 0.29) is 29.3 Å². The Morgan fingerprint density at radius 3 is 2.74 bits per heavy atom. The monoisotopic (exact) mass is 266 g/mol. The van der Waals surface area contributed by atoms with Crippen molar-refractivity contribution < 1.29 is 14.3 Å². The van der Waals surface area contributed by atoms with Crippen LogP contribution in [0.15, 0.2) is 18.2 Å². The SMILES string of the molecule is CN(C(=O)c1ccc(O)cc1F)C1CCCCC1N. The average Bonchev–Trinajstić information content (AvgIpc) is 2.38. The minimum Gasteiger partial charge on any atom is -0.508 e. The fourth-order valence-electron chi connectivity index (χ4n) is 2.64. The third-order valence-corrected chi connectivity index (χ3v) is 3.78. The van der Waals surface area contributed by atoms with Crippen LogP contribution in [0.3, 0.4) is 0 Å². The molecular weight excluding hydrogens is 247 g/mol. The molecule has 5 heteroatoms. The molecule has 1 aliphatic rings. The third kappa shape index (κ3) is 2.87. The van der Waals surface area contributed by atoms with E-state index in [0.717, 1.165) is 31.7 Å². The summed E-state index contributed by atoms with van der Waals surface area (Å²) in [7, 11) is 1.66. The fourth-order valence-corrected chi connectivity index (χ4v) is 2.64. The van der Waals surface area contributed by atoms with E-state index >= 15 is 0 Å². The van der Waals surface area contributed by atoms with Crippen LogP contribution < -0.4 is 5.73 Å². The van der Waals surface area contributed by atoms with Gasteiger partial charge in [-0.25, -0.2) is 4.39 Å². The van der Waals surface area contributed by atoms with Crippen molar-refractivity contribution in [1.29, 1.82) is 0 Å². The Labute approximate surface area is 112 Å². The molecule has 3 N–H and O–H groups in total. The molecule has 1 saturated carbocycles. The lowest BCUT2D eigenvalue weighted by Gasteiger charge is -2.36. The maximum atomic E-state index is 13.7. The zero-order valence-electron chi connectivity index (χ0n) is 11.0. The van der Waals surface area contributed by atoms with Gasteiger partial charge in [-0.15, -0.1) is 0 Å². The molecule has 1 aromatic carbocycles. The number of carbonyl (C=O) groups is 1. The van der Waals surface area contributed by atoms with Crippen LogP contribution in [0.1, 0.15) is 36.0 Å². The molecule has 1 amide bonds. The van der Waals surface area contributed by atoms with E-state index in [1.807, 2.05) is 0 Å². The zero-order valence-corrected chi connectivity index (χ0v) is 11.0. The predicted octanol–water partition coefficient (Wildman–Crippen LogP) is 1.87. The second-order valence-corrected chi connectivity index (χ2v) is 5.10. The largest absolute Gasteiger partial charge is 0.508 e. The summed E-state index contributed by atoms with van der Waals surface area (Å²) in [5.41, 5.74) is 6.00. The van der Waals surface area contributed by atoms with Crippen molar-refractivity contribution in [3.63, 3.8) is 0 Å². The first-order valence-electron chi connectivity index (χ1n) is 6.52. The highest BCUT2D eigenvalue weighted by molar-refractivity contribution is 5.94. The molecule has 104 valence electrons. The van der Waals surface area contributed by atoms with Crippen molar-refractivity contribution in [1.82, 2.24) is 4.90 Å². The first-order chi connectivity index (χ1) is 9.00. The van der Waals surface area contributed by atoms with E-state index in [0.29, 0.717) is 0 Å². The van der Waals surface area contributed by atoms with E-state index in [1.165, 1.54) is 17.0 Å². The van der Waals surface area contributed by atoms with E-state index in [1.54, 1.807) is 7.05 Å². The molecule has 0 radical (unpaired) electrons. The van der Waals surface area contributed by atoms with Gasteiger partial charge in [0.1, 0.15) is 11.6 Å². The second-order valence-electron chi connectivity index (χ2n) is 5.10. The quantitative estimate of drug-likeness (QED) is 0.858. The van der Waals surface area contributed by atoms with Crippen LogP contribution in [-0.4, -0.2) is 35.0 Å². The van der Waals surface area contributed by atoms with Gasteiger partial charge < -0.3 is 15.7 Å². The van der Waals surface area contributed by atoms with Gasteiger partial charge in [0.15, 0.2) is 0 Å². The van der Waals surface area contributed by atoms with Crippen LogP contribution in [0.4, 0.5) is 4.39 Å². The molecule has 0 bridgehead atoms. The number of aromatic hydroxyl groups is 1. The molecule has 0 aliphatic heterocycles.